The summed E-state index contributed by atoms with van der Waals surface area (Å²) in [7, 11) is 0. The maximum Gasteiger partial charge on any atom is 0.170 e. The monoisotopic (exact) mass is 628 g/mol. The molecule has 8 fully saturated rings. The fraction of sp³-hybridized carbons (Fsp3) is 1.00. The molecule has 0 aromatic heterocycles. The summed E-state index contributed by atoms with van der Waals surface area (Å²) in [5.41, 5.74) is 0.415. The lowest BCUT2D eigenvalue weighted by Crippen LogP contribution is -2.64. The van der Waals surface area contributed by atoms with E-state index >= 15 is 0 Å². The van der Waals surface area contributed by atoms with Gasteiger partial charge < -0.3 is 24.4 Å². The first-order valence-electron chi connectivity index (χ1n) is 19.0. The molecular weight excluding hydrogens is 564 g/mol. The molecule has 8 rings (SSSR count). The Kier molecular flexibility index (Phi) is 7.53. The molecule has 3 saturated heterocycles. The molecule has 0 aromatic carbocycles. The average Bonchev–Trinajstić information content (AvgIpc) is 3.52. The molecular formula is C38H64N2O5. The Labute approximate surface area is 273 Å². The lowest BCUT2D eigenvalue weighted by Gasteiger charge is -2.60. The van der Waals surface area contributed by atoms with Crippen molar-refractivity contribution in [3.05, 3.63) is 0 Å². The second-order valence-corrected chi connectivity index (χ2v) is 19.1. The highest BCUT2D eigenvalue weighted by Crippen LogP contribution is 2.87. The maximum absolute atomic E-state index is 10.9. The molecule has 45 heavy (non-hydrogen) atoms. The van der Waals surface area contributed by atoms with Crippen molar-refractivity contribution >= 4 is 0 Å². The number of morpholine rings is 1. The smallest absolute Gasteiger partial charge is 0.170 e. The summed E-state index contributed by atoms with van der Waals surface area (Å²) in [5.74, 6) is 2.88. The number of nitrogens with zero attached hydrogens (tertiary/aromatic N) is 2. The van der Waals surface area contributed by atoms with Gasteiger partial charge in [0.2, 0.25) is 0 Å². The molecule has 5 saturated carbocycles. The van der Waals surface area contributed by atoms with E-state index in [2.05, 4.69) is 44.4 Å². The van der Waals surface area contributed by atoms with Crippen molar-refractivity contribution in [3.8, 4) is 0 Å². The summed E-state index contributed by atoms with van der Waals surface area (Å²) >= 11 is 0. The zero-order chi connectivity index (χ0) is 31.7. The number of rotatable bonds is 6. The molecule has 8 aliphatic rings. The minimum Gasteiger partial charge on any atom is -0.388 e. The molecule has 7 nitrogen and oxygen atoms in total. The van der Waals surface area contributed by atoms with Crippen LogP contribution in [0.2, 0.25) is 0 Å². The molecule has 256 valence electrons. The Morgan fingerprint density at radius 2 is 1.64 bits per heavy atom. The minimum absolute atomic E-state index is 0.0920. The van der Waals surface area contributed by atoms with Crippen LogP contribution in [0.4, 0.5) is 0 Å². The summed E-state index contributed by atoms with van der Waals surface area (Å²) < 4.78 is 20.0. The van der Waals surface area contributed by atoms with Crippen molar-refractivity contribution in [1.82, 2.24) is 9.80 Å². The Hall–Kier alpha value is -0.280. The van der Waals surface area contributed by atoms with Gasteiger partial charge in [0.1, 0.15) is 6.10 Å². The van der Waals surface area contributed by atoms with Crippen molar-refractivity contribution in [1.29, 1.82) is 0 Å². The second kappa shape index (κ2) is 10.6. The van der Waals surface area contributed by atoms with Crippen LogP contribution >= 0.6 is 0 Å². The quantitative estimate of drug-likeness (QED) is 0.405. The van der Waals surface area contributed by atoms with E-state index in [1.165, 1.54) is 58.0 Å². The topological polar surface area (TPSA) is 74.6 Å². The molecule has 0 radical (unpaired) electrons. The van der Waals surface area contributed by atoms with E-state index < -0.39 is 11.7 Å². The highest BCUT2D eigenvalue weighted by molar-refractivity contribution is 5.29. The maximum atomic E-state index is 10.9. The van der Waals surface area contributed by atoms with Crippen LogP contribution < -0.4 is 0 Å². The van der Waals surface area contributed by atoms with E-state index in [1.807, 2.05) is 0 Å². The number of fused-ring (bicyclic) bond motifs is 4. The fourth-order valence-corrected chi connectivity index (χ4v) is 13.6. The van der Waals surface area contributed by atoms with Gasteiger partial charge in [-0.3, -0.25) is 9.80 Å². The normalized spacial score (nSPS) is 50.5. The minimum atomic E-state index is -1.13. The third-order valence-electron chi connectivity index (χ3n) is 16.2. The predicted molar refractivity (Wildman–Crippen MR) is 175 cm³/mol. The first kappa shape index (κ1) is 32.0. The number of likely N-dealkylation sites (tertiary alicyclic amines) is 1. The fourth-order valence-electron chi connectivity index (χ4n) is 13.6. The Morgan fingerprint density at radius 3 is 2.38 bits per heavy atom. The van der Waals surface area contributed by atoms with Crippen molar-refractivity contribution in [2.45, 2.75) is 161 Å². The summed E-state index contributed by atoms with van der Waals surface area (Å²) in [6, 6.07) is 1.30. The van der Waals surface area contributed by atoms with Crippen LogP contribution in [0.3, 0.4) is 0 Å². The van der Waals surface area contributed by atoms with Gasteiger partial charge >= 0.3 is 0 Å². The second-order valence-electron chi connectivity index (χ2n) is 19.1. The zero-order valence-corrected chi connectivity index (χ0v) is 29.5. The zero-order valence-electron chi connectivity index (χ0n) is 29.5. The number of ether oxygens (including phenoxy) is 3. The third-order valence-corrected chi connectivity index (χ3v) is 16.2. The Bertz CT molecular complexity index is 1130. The summed E-state index contributed by atoms with van der Waals surface area (Å²) in [6.45, 7) is 20.8. The highest BCUT2D eigenvalue weighted by Gasteiger charge is 2.80. The first-order valence-corrected chi connectivity index (χ1v) is 19.0. The lowest BCUT2D eigenvalue weighted by atomic mass is 9.46. The summed E-state index contributed by atoms with van der Waals surface area (Å²) in [6.07, 6.45) is 11.9. The van der Waals surface area contributed by atoms with Gasteiger partial charge in [-0.05, 0) is 137 Å². The number of aliphatic hydroxyl groups is 2. The number of hydrogen-bond acceptors (Lipinski definition) is 7. The average molecular weight is 629 g/mol. The van der Waals surface area contributed by atoms with Gasteiger partial charge in [0.05, 0.1) is 30.5 Å². The Balaban J connectivity index is 0.939. The third kappa shape index (κ3) is 4.66. The van der Waals surface area contributed by atoms with E-state index in [-0.39, 0.29) is 30.0 Å². The van der Waals surface area contributed by atoms with E-state index in [0.717, 1.165) is 56.7 Å². The van der Waals surface area contributed by atoms with Crippen LogP contribution in [-0.2, 0) is 14.2 Å². The van der Waals surface area contributed by atoms with Crippen LogP contribution in [0.25, 0.3) is 0 Å². The molecule has 0 bridgehead atoms. The van der Waals surface area contributed by atoms with Crippen molar-refractivity contribution in [3.63, 3.8) is 0 Å². The molecule has 5 aliphatic carbocycles. The number of hydrogen-bond donors (Lipinski definition) is 2. The molecule has 0 aromatic rings. The van der Waals surface area contributed by atoms with Gasteiger partial charge in [-0.1, -0.05) is 20.8 Å². The Morgan fingerprint density at radius 1 is 0.889 bits per heavy atom. The summed E-state index contributed by atoms with van der Waals surface area (Å²) in [4.78, 5) is 5.21. The molecule has 3 aliphatic heterocycles. The van der Waals surface area contributed by atoms with Crippen LogP contribution in [0.5, 0.6) is 0 Å². The van der Waals surface area contributed by atoms with Crippen LogP contribution in [0, 0.1) is 45.3 Å². The first-order chi connectivity index (χ1) is 21.2. The predicted octanol–water partition coefficient (Wildman–Crippen LogP) is 5.46. The summed E-state index contributed by atoms with van der Waals surface area (Å²) in [5, 5.41) is 21.4. The molecule has 3 heterocycles. The molecule has 0 amide bonds. The molecule has 2 spiro atoms. The lowest BCUT2D eigenvalue weighted by molar-refractivity contribution is -0.250. The van der Waals surface area contributed by atoms with Crippen molar-refractivity contribution < 1.29 is 24.4 Å². The molecule has 2 N–H and O–H groups in total. The van der Waals surface area contributed by atoms with Gasteiger partial charge in [0.25, 0.3) is 0 Å². The molecule has 12 atom stereocenters. The van der Waals surface area contributed by atoms with Crippen LogP contribution in [-0.4, -0.2) is 101 Å². The van der Waals surface area contributed by atoms with Gasteiger partial charge in [-0.2, -0.15) is 0 Å². The standard InChI is InChI=1S/C38H64N2O5/c1-23(2)40-19-24(20-40)39-16-17-43-32(21-39)45-31-12-13-38-22-37(38)15-14-36(7)26-8-10-28(33(41)35(5,6)42)44-29(26)18-27(36)25(37)9-11-30(38)34(31,3)4/h23-33,41-42H,8-22H2,1-7H3/t25?,26?,27?,28?,29?,30?,31-,32?,33-,36+,37?,38+/m0/s1. The van der Waals surface area contributed by atoms with E-state index in [9.17, 15) is 10.2 Å². The van der Waals surface area contributed by atoms with Crippen LogP contribution in [0.1, 0.15) is 113 Å². The van der Waals surface area contributed by atoms with Gasteiger partial charge in [0.15, 0.2) is 6.29 Å². The van der Waals surface area contributed by atoms with Crippen molar-refractivity contribution in [2.75, 3.05) is 32.8 Å². The van der Waals surface area contributed by atoms with Gasteiger partial charge in [0, 0.05) is 38.3 Å². The largest absolute Gasteiger partial charge is 0.388 e. The van der Waals surface area contributed by atoms with E-state index in [4.69, 9.17) is 14.2 Å². The van der Waals surface area contributed by atoms with Crippen molar-refractivity contribution in [2.24, 2.45) is 45.3 Å². The number of aliphatic hydroxyl groups excluding tert-OH is 1. The molecule has 7 heteroatoms. The van der Waals surface area contributed by atoms with Gasteiger partial charge in [-0.15, -0.1) is 0 Å². The SMILES string of the molecule is CC(C)N1CC(N2CCOC(O[C@H]3CC[C@]45CC46CC[C@]4(C)C7CCC([C@H](O)C(C)(C)O)OC7CC4C6CCC5C3(C)C)C2)C1. The highest BCUT2D eigenvalue weighted by atomic mass is 16.7. The van der Waals surface area contributed by atoms with E-state index in [1.54, 1.807) is 13.8 Å². The van der Waals surface area contributed by atoms with Gasteiger partial charge in [-0.25, -0.2) is 0 Å². The molecule has 8 unspecified atom stereocenters. The van der Waals surface area contributed by atoms with Crippen LogP contribution in [0.15, 0.2) is 0 Å². The van der Waals surface area contributed by atoms with E-state index in [0.29, 0.717) is 34.2 Å².